The number of rotatable bonds is 6. The first-order valence-electron chi connectivity index (χ1n) is 7.53. The van der Waals surface area contributed by atoms with Crippen LogP contribution in [0.5, 0.6) is 0 Å². The van der Waals surface area contributed by atoms with E-state index in [1.807, 2.05) is 0 Å². The fourth-order valence-corrected chi connectivity index (χ4v) is 2.22. The van der Waals surface area contributed by atoms with E-state index in [9.17, 15) is 0 Å². The number of hydrogen-bond acceptors (Lipinski definition) is 7. The first-order chi connectivity index (χ1) is 9.98. The molecule has 0 radical (unpaired) electrons. The Morgan fingerprint density at radius 1 is 1.33 bits per heavy atom. The lowest BCUT2D eigenvalue weighted by Gasteiger charge is -2.30. The molecule has 0 amide bonds. The van der Waals surface area contributed by atoms with Gasteiger partial charge in [-0.25, -0.2) is 0 Å². The van der Waals surface area contributed by atoms with Crippen LogP contribution in [0.1, 0.15) is 39.5 Å². The zero-order chi connectivity index (χ0) is 15.3. The molecular weight excluding hydrogens is 272 g/mol. The lowest BCUT2D eigenvalue weighted by atomic mass is 10.1. The van der Waals surface area contributed by atoms with Crippen LogP contribution in [0, 0.1) is 0 Å². The summed E-state index contributed by atoms with van der Waals surface area (Å²) in [6.07, 6.45) is 2.05. The van der Waals surface area contributed by atoms with Crippen LogP contribution >= 0.6 is 0 Å². The summed E-state index contributed by atoms with van der Waals surface area (Å²) in [4.78, 5) is 2.09. The Hall–Kier alpha value is -1.18. The Kier molecular flexibility index (Phi) is 5.55. The maximum atomic E-state index is 8.76. The molecule has 1 saturated heterocycles. The van der Waals surface area contributed by atoms with Crippen molar-refractivity contribution in [3.63, 3.8) is 0 Å². The van der Waals surface area contributed by atoms with E-state index in [4.69, 9.17) is 14.3 Å². The SMILES string of the molecule is CC(C)(C)NCc1nnc(N2CCC(OCCO)CC2)o1. The molecule has 0 saturated carbocycles. The minimum Gasteiger partial charge on any atom is -0.407 e. The lowest BCUT2D eigenvalue weighted by molar-refractivity contribution is 0.0154. The highest BCUT2D eigenvalue weighted by Gasteiger charge is 2.23. The highest BCUT2D eigenvalue weighted by atomic mass is 16.5. The zero-order valence-corrected chi connectivity index (χ0v) is 13.1. The molecule has 0 unspecified atom stereocenters. The van der Waals surface area contributed by atoms with Crippen LogP contribution in [0.25, 0.3) is 0 Å². The molecule has 2 rings (SSSR count). The highest BCUT2D eigenvalue weighted by Crippen LogP contribution is 2.20. The van der Waals surface area contributed by atoms with Gasteiger partial charge in [-0.1, -0.05) is 5.10 Å². The maximum Gasteiger partial charge on any atom is 0.318 e. The summed E-state index contributed by atoms with van der Waals surface area (Å²) in [5.41, 5.74) is 0.0248. The second kappa shape index (κ2) is 7.20. The van der Waals surface area contributed by atoms with Gasteiger partial charge >= 0.3 is 6.01 Å². The smallest absolute Gasteiger partial charge is 0.318 e. The molecule has 0 aromatic carbocycles. The number of ether oxygens (including phenoxy) is 1. The minimum atomic E-state index is 0.0248. The molecule has 7 heteroatoms. The predicted molar refractivity (Wildman–Crippen MR) is 79.2 cm³/mol. The molecular formula is C14H26N4O3. The van der Waals surface area contributed by atoms with Crippen LogP contribution in [0.4, 0.5) is 6.01 Å². The van der Waals surface area contributed by atoms with E-state index in [0.29, 0.717) is 25.1 Å². The van der Waals surface area contributed by atoms with E-state index in [0.717, 1.165) is 25.9 Å². The van der Waals surface area contributed by atoms with Crippen molar-refractivity contribution in [3.05, 3.63) is 5.89 Å². The molecule has 0 spiro atoms. The quantitative estimate of drug-likeness (QED) is 0.808. The van der Waals surface area contributed by atoms with E-state index >= 15 is 0 Å². The van der Waals surface area contributed by atoms with Gasteiger partial charge in [0.1, 0.15) is 0 Å². The first kappa shape index (κ1) is 16.2. The summed E-state index contributed by atoms with van der Waals surface area (Å²) in [5, 5.41) is 20.3. The monoisotopic (exact) mass is 298 g/mol. The van der Waals surface area contributed by atoms with Gasteiger partial charge in [0.15, 0.2) is 0 Å². The van der Waals surface area contributed by atoms with E-state index < -0.39 is 0 Å². The number of aliphatic hydroxyl groups is 1. The normalized spacial score (nSPS) is 17.4. The Balaban J connectivity index is 1.80. The second-order valence-corrected chi connectivity index (χ2v) is 6.36. The third-order valence-electron chi connectivity index (χ3n) is 3.38. The number of aromatic nitrogens is 2. The summed E-state index contributed by atoms with van der Waals surface area (Å²) in [6.45, 7) is 9.04. The molecule has 21 heavy (non-hydrogen) atoms. The third kappa shape index (κ3) is 5.26. The maximum absolute atomic E-state index is 8.76. The van der Waals surface area contributed by atoms with E-state index in [2.05, 4.69) is 41.2 Å². The van der Waals surface area contributed by atoms with Gasteiger partial charge in [-0.05, 0) is 33.6 Å². The van der Waals surface area contributed by atoms with Crippen molar-refractivity contribution in [3.8, 4) is 0 Å². The minimum absolute atomic E-state index is 0.0248. The summed E-state index contributed by atoms with van der Waals surface area (Å²) in [7, 11) is 0. The van der Waals surface area contributed by atoms with Crippen molar-refractivity contribution in [1.29, 1.82) is 0 Å². The van der Waals surface area contributed by atoms with Gasteiger partial charge in [-0.15, -0.1) is 5.10 Å². The molecule has 1 aromatic rings. The fraction of sp³-hybridized carbons (Fsp3) is 0.857. The first-order valence-corrected chi connectivity index (χ1v) is 7.53. The van der Waals surface area contributed by atoms with Crippen LogP contribution in [0.3, 0.4) is 0 Å². The van der Waals surface area contributed by atoms with Crippen LogP contribution < -0.4 is 10.2 Å². The average Bonchev–Trinajstić information content (AvgIpc) is 2.92. The van der Waals surface area contributed by atoms with Gasteiger partial charge in [-0.3, -0.25) is 0 Å². The molecule has 1 aliphatic heterocycles. The Morgan fingerprint density at radius 3 is 2.67 bits per heavy atom. The largest absolute Gasteiger partial charge is 0.407 e. The van der Waals surface area contributed by atoms with E-state index in [1.165, 1.54) is 0 Å². The summed E-state index contributed by atoms with van der Waals surface area (Å²) < 4.78 is 11.2. The molecule has 1 aliphatic rings. The van der Waals surface area contributed by atoms with Gasteiger partial charge in [0.05, 0.1) is 25.9 Å². The van der Waals surface area contributed by atoms with Crippen molar-refractivity contribution in [2.24, 2.45) is 0 Å². The number of piperidine rings is 1. The molecule has 2 N–H and O–H groups in total. The standard InChI is InChI=1S/C14H26N4O3/c1-14(2,3)15-10-12-16-17-13(21-12)18-6-4-11(5-7-18)20-9-8-19/h11,15,19H,4-10H2,1-3H3. The number of aliphatic hydroxyl groups excluding tert-OH is 1. The third-order valence-corrected chi connectivity index (χ3v) is 3.38. The van der Waals surface area contributed by atoms with Gasteiger partial charge in [0.25, 0.3) is 0 Å². The summed E-state index contributed by atoms with van der Waals surface area (Å²) >= 11 is 0. The highest BCUT2D eigenvalue weighted by molar-refractivity contribution is 5.24. The van der Waals surface area contributed by atoms with Crippen molar-refractivity contribution < 1.29 is 14.3 Å². The number of anilines is 1. The molecule has 120 valence electrons. The Bertz CT molecular complexity index is 422. The molecule has 2 heterocycles. The fourth-order valence-electron chi connectivity index (χ4n) is 2.22. The van der Waals surface area contributed by atoms with Gasteiger partial charge in [0.2, 0.25) is 5.89 Å². The average molecular weight is 298 g/mol. The van der Waals surface area contributed by atoms with Crippen LogP contribution in [-0.2, 0) is 11.3 Å². The van der Waals surface area contributed by atoms with Crippen molar-refractivity contribution in [1.82, 2.24) is 15.5 Å². The van der Waals surface area contributed by atoms with Crippen molar-refractivity contribution in [2.75, 3.05) is 31.2 Å². The number of nitrogens with zero attached hydrogens (tertiary/aromatic N) is 3. The second-order valence-electron chi connectivity index (χ2n) is 6.36. The molecule has 1 fully saturated rings. The van der Waals surface area contributed by atoms with Gasteiger partial charge in [0, 0.05) is 18.6 Å². The van der Waals surface area contributed by atoms with Gasteiger partial charge in [-0.2, -0.15) is 0 Å². The zero-order valence-electron chi connectivity index (χ0n) is 13.1. The van der Waals surface area contributed by atoms with Crippen molar-refractivity contribution in [2.45, 2.75) is 51.8 Å². The summed E-state index contributed by atoms with van der Waals surface area (Å²) in [5.74, 6) is 0.610. The Labute approximate surface area is 125 Å². The predicted octanol–water partition coefficient (Wildman–Crippen LogP) is 0.935. The van der Waals surface area contributed by atoms with Crippen LogP contribution in [0.2, 0.25) is 0 Å². The number of hydrogen-bond donors (Lipinski definition) is 2. The molecule has 0 aliphatic carbocycles. The van der Waals surface area contributed by atoms with Crippen LogP contribution in [0.15, 0.2) is 4.42 Å². The topological polar surface area (TPSA) is 83.7 Å². The molecule has 7 nitrogen and oxygen atoms in total. The number of nitrogens with one attached hydrogen (secondary N) is 1. The van der Waals surface area contributed by atoms with Crippen LogP contribution in [-0.4, -0.2) is 53.3 Å². The lowest BCUT2D eigenvalue weighted by Crippen LogP contribution is -2.37. The Morgan fingerprint density at radius 2 is 2.05 bits per heavy atom. The molecule has 1 aromatic heterocycles. The van der Waals surface area contributed by atoms with E-state index in [-0.39, 0.29) is 18.2 Å². The van der Waals surface area contributed by atoms with Gasteiger partial charge < -0.3 is 24.5 Å². The summed E-state index contributed by atoms with van der Waals surface area (Å²) in [6, 6.07) is 0.585. The van der Waals surface area contributed by atoms with E-state index in [1.54, 1.807) is 0 Å². The van der Waals surface area contributed by atoms with Crippen molar-refractivity contribution >= 4 is 6.01 Å². The molecule has 0 bridgehead atoms. The molecule has 0 atom stereocenters.